The summed E-state index contributed by atoms with van der Waals surface area (Å²) in [6.45, 7) is 6.20. The third-order valence-electron chi connectivity index (χ3n) is 4.14. The summed E-state index contributed by atoms with van der Waals surface area (Å²) >= 11 is 0. The lowest BCUT2D eigenvalue weighted by Gasteiger charge is -2.13. The molecule has 2 rings (SSSR count). The first-order valence-corrected chi connectivity index (χ1v) is 9.64. The van der Waals surface area contributed by atoms with Crippen molar-refractivity contribution in [1.82, 2.24) is 4.72 Å². The Hall–Kier alpha value is -2.29. The van der Waals surface area contributed by atoms with Crippen LogP contribution in [0.1, 0.15) is 29.2 Å². The molecule has 0 heterocycles. The van der Waals surface area contributed by atoms with Gasteiger partial charge in [0.15, 0.2) is 0 Å². The molecule has 0 bridgehead atoms. The average molecular weight is 378 g/mol. The molecule has 0 unspecified atom stereocenters. The van der Waals surface area contributed by atoms with Gasteiger partial charge in [0.25, 0.3) is 5.69 Å². The number of nitro groups is 1. The molecular formula is C18H22N2O5S. The van der Waals surface area contributed by atoms with E-state index in [1.807, 2.05) is 31.2 Å². The van der Waals surface area contributed by atoms with Gasteiger partial charge in [-0.05, 0) is 43.0 Å². The highest BCUT2D eigenvalue weighted by molar-refractivity contribution is 7.89. The molecule has 0 atom stereocenters. The number of nitrogens with one attached hydrogen (secondary N) is 1. The monoisotopic (exact) mass is 378 g/mol. The SMILES string of the molecule is CCOCc1ccccc1CNS(=O)(=O)c1cc([N+](=O)[O-])cc(C)c1C. The van der Waals surface area contributed by atoms with Crippen molar-refractivity contribution < 1.29 is 18.1 Å². The van der Waals surface area contributed by atoms with E-state index in [0.29, 0.717) is 24.3 Å². The van der Waals surface area contributed by atoms with Crippen molar-refractivity contribution in [2.75, 3.05) is 6.61 Å². The van der Waals surface area contributed by atoms with Gasteiger partial charge in [0.05, 0.1) is 16.4 Å². The topological polar surface area (TPSA) is 98.5 Å². The molecule has 0 saturated carbocycles. The summed E-state index contributed by atoms with van der Waals surface area (Å²) in [6.07, 6.45) is 0. The Bertz CT molecular complexity index is 910. The lowest BCUT2D eigenvalue weighted by molar-refractivity contribution is -0.385. The molecule has 0 fully saturated rings. The van der Waals surface area contributed by atoms with Gasteiger partial charge >= 0.3 is 0 Å². The molecule has 0 amide bonds. The molecule has 26 heavy (non-hydrogen) atoms. The molecule has 7 nitrogen and oxygen atoms in total. The summed E-state index contributed by atoms with van der Waals surface area (Å²) in [5.74, 6) is 0. The number of non-ortho nitro benzene ring substituents is 1. The zero-order valence-corrected chi connectivity index (χ0v) is 15.8. The van der Waals surface area contributed by atoms with Gasteiger partial charge in [0, 0.05) is 25.3 Å². The quantitative estimate of drug-likeness (QED) is 0.562. The van der Waals surface area contributed by atoms with Crippen LogP contribution in [0.5, 0.6) is 0 Å². The summed E-state index contributed by atoms with van der Waals surface area (Å²) in [7, 11) is -3.90. The minimum absolute atomic E-state index is 0.0762. The fraction of sp³-hybridized carbons (Fsp3) is 0.333. The van der Waals surface area contributed by atoms with Gasteiger partial charge in [0.1, 0.15) is 0 Å². The number of nitro benzene ring substituents is 1. The Kier molecular flexibility index (Phi) is 6.47. The van der Waals surface area contributed by atoms with Crippen molar-refractivity contribution in [2.24, 2.45) is 0 Å². The molecule has 2 aromatic carbocycles. The van der Waals surface area contributed by atoms with Crippen LogP contribution in [-0.4, -0.2) is 19.9 Å². The number of sulfonamides is 1. The molecule has 0 aliphatic carbocycles. The molecule has 0 radical (unpaired) electrons. The second kappa shape index (κ2) is 8.39. The standard InChI is InChI=1S/C18H22N2O5S/c1-4-25-12-16-8-6-5-7-15(16)11-19-26(23,24)18-10-17(20(21)22)9-13(2)14(18)3/h5-10,19H,4,11-12H2,1-3H3. The molecule has 0 saturated heterocycles. The lowest BCUT2D eigenvalue weighted by Crippen LogP contribution is -2.25. The second-order valence-electron chi connectivity index (χ2n) is 5.87. The molecule has 0 aliphatic rings. The Morgan fingerprint density at radius 3 is 2.42 bits per heavy atom. The highest BCUT2D eigenvalue weighted by Gasteiger charge is 2.22. The van der Waals surface area contributed by atoms with Crippen molar-refractivity contribution in [3.8, 4) is 0 Å². The van der Waals surface area contributed by atoms with Gasteiger partial charge < -0.3 is 4.74 Å². The van der Waals surface area contributed by atoms with Crippen LogP contribution >= 0.6 is 0 Å². The maximum absolute atomic E-state index is 12.7. The van der Waals surface area contributed by atoms with Crippen LogP contribution in [0.25, 0.3) is 0 Å². The first-order chi connectivity index (χ1) is 12.3. The highest BCUT2D eigenvalue weighted by atomic mass is 32.2. The smallest absolute Gasteiger partial charge is 0.271 e. The molecule has 0 spiro atoms. The fourth-order valence-electron chi connectivity index (χ4n) is 2.53. The summed E-state index contributed by atoms with van der Waals surface area (Å²) in [4.78, 5) is 10.4. The van der Waals surface area contributed by atoms with Crippen LogP contribution in [0.4, 0.5) is 5.69 Å². The first-order valence-electron chi connectivity index (χ1n) is 8.16. The minimum Gasteiger partial charge on any atom is -0.377 e. The molecule has 140 valence electrons. The molecule has 0 aliphatic heterocycles. The first kappa shape index (κ1) is 20.0. The molecule has 1 N–H and O–H groups in total. The molecular weight excluding hydrogens is 356 g/mol. The van der Waals surface area contributed by atoms with Crippen molar-refractivity contribution >= 4 is 15.7 Å². The zero-order chi connectivity index (χ0) is 19.3. The van der Waals surface area contributed by atoms with Gasteiger partial charge in [-0.25, -0.2) is 13.1 Å². The Morgan fingerprint density at radius 2 is 1.81 bits per heavy atom. The van der Waals surface area contributed by atoms with Crippen LogP contribution in [0.3, 0.4) is 0 Å². The number of hydrogen-bond acceptors (Lipinski definition) is 5. The summed E-state index contributed by atoms with van der Waals surface area (Å²) in [5.41, 5.74) is 2.49. The van der Waals surface area contributed by atoms with Crippen LogP contribution in [-0.2, 0) is 27.9 Å². The predicted molar refractivity (Wildman–Crippen MR) is 98.4 cm³/mol. The van der Waals surface area contributed by atoms with Crippen molar-refractivity contribution in [3.63, 3.8) is 0 Å². The lowest BCUT2D eigenvalue weighted by atomic mass is 10.1. The van der Waals surface area contributed by atoms with E-state index < -0.39 is 14.9 Å². The third kappa shape index (κ3) is 4.66. The Balaban J connectivity index is 2.29. The Labute approximate surface area is 153 Å². The van der Waals surface area contributed by atoms with E-state index in [2.05, 4.69) is 4.72 Å². The van der Waals surface area contributed by atoms with E-state index in [9.17, 15) is 18.5 Å². The normalized spacial score (nSPS) is 11.5. The van der Waals surface area contributed by atoms with Gasteiger partial charge in [-0.15, -0.1) is 0 Å². The predicted octanol–water partition coefficient (Wildman–Crippen LogP) is 3.23. The van der Waals surface area contributed by atoms with E-state index in [4.69, 9.17) is 4.74 Å². The fourth-order valence-corrected chi connectivity index (χ4v) is 3.87. The van der Waals surface area contributed by atoms with E-state index in [1.54, 1.807) is 13.8 Å². The minimum atomic E-state index is -3.90. The zero-order valence-electron chi connectivity index (χ0n) is 15.0. The second-order valence-corrected chi connectivity index (χ2v) is 7.61. The molecule has 2 aromatic rings. The number of rotatable bonds is 8. The van der Waals surface area contributed by atoms with Crippen molar-refractivity contribution in [3.05, 3.63) is 68.8 Å². The number of aryl methyl sites for hydroxylation is 1. The number of benzene rings is 2. The van der Waals surface area contributed by atoms with Crippen LogP contribution in [0, 0.1) is 24.0 Å². The molecule has 0 aromatic heterocycles. The largest absolute Gasteiger partial charge is 0.377 e. The average Bonchev–Trinajstić information content (AvgIpc) is 2.60. The Morgan fingerprint density at radius 1 is 1.15 bits per heavy atom. The third-order valence-corrected chi connectivity index (χ3v) is 5.66. The van der Waals surface area contributed by atoms with Gasteiger partial charge in [-0.1, -0.05) is 24.3 Å². The van der Waals surface area contributed by atoms with E-state index in [0.717, 1.165) is 17.2 Å². The summed E-state index contributed by atoms with van der Waals surface area (Å²) in [5, 5.41) is 11.0. The summed E-state index contributed by atoms with van der Waals surface area (Å²) in [6, 6.07) is 9.84. The van der Waals surface area contributed by atoms with Crippen molar-refractivity contribution in [2.45, 2.75) is 38.8 Å². The highest BCUT2D eigenvalue weighted by Crippen LogP contribution is 2.25. The van der Waals surface area contributed by atoms with E-state index in [-0.39, 0.29) is 17.1 Å². The maximum Gasteiger partial charge on any atom is 0.271 e. The van der Waals surface area contributed by atoms with Crippen LogP contribution < -0.4 is 4.72 Å². The number of hydrogen-bond donors (Lipinski definition) is 1. The van der Waals surface area contributed by atoms with E-state index >= 15 is 0 Å². The van der Waals surface area contributed by atoms with Crippen LogP contribution in [0.2, 0.25) is 0 Å². The van der Waals surface area contributed by atoms with E-state index in [1.165, 1.54) is 6.07 Å². The van der Waals surface area contributed by atoms with Gasteiger partial charge in [-0.3, -0.25) is 10.1 Å². The van der Waals surface area contributed by atoms with Gasteiger partial charge in [-0.2, -0.15) is 0 Å². The van der Waals surface area contributed by atoms with Crippen LogP contribution in [0.15, 0.2) is 41.3 Å². The summed E-state index contributed by atoms with van der Waals surface area (Å²) < 4.78 is 33.4. The van der Waals surface area contributed by atoms with Crippen molar-refractivity contribution in [1.29, 1.82) is 0 Å². The number of ether oxygens (including phenoxy) is 1. The molecule has 8 heteroatoms. The number of nitrogens with zero attached hydrogens (tertiary/aromatic N) is 1. The van der Waals surface area contributed by atoms with Gasteiger partial charge in [0.2, 0.25) is 10.0 Å². The maximum atomic E-state index is 12.7.